The van der Waals surface area contributed by atoms with E-state index in [9.17, 15) is 4.79 Å². The van der Waals surface area contributed by atoms with E-state index in [4.69, 9.17) is 9.47 Å². The van der Waals surface area contributed by atoms with E-state index in [1.165, 1.54) is 0 Å². The molecule has 0 aliphatic heterocycles. The van der Waals surface area contributed by atoms with Crippen LogP contribution in [-0.2, 0) is 0 Å². The highest BCUT2D eigenvalue weighted by atomic mass is 79.9. The molecule has 0 atom stereocenters. The smallest absolute Gasteiger partial charge is 0.254 e. The van der Waals surface area contributed by atoms with Crippen molar-refractivity contribution in [2.45, 2.75) is 19.8 Å². The van der Waals surface area contributed by atoms with Gasteiger partial charge >= 0.3 is 0 Å². The van der Waals surface area contributed by atoms with Gasteiger partial charge in [-0.3, -0.25) is 4.79 Å². The normalized spacial score (nSPS) is 10.2. The first-order valence-corrected chi connectivity index (χ1v) is 7.87. The van der Waals surface area contributed by atoms with Crippen LogP contribution >= 0.6 is 15.9 Å². The Labute approximate surface area is 129 Å². The van der Waals surface area contributed by atoms with Crippen LogP contribution in [-0.4, -0.2) is 43.4 Å². The van der Waals surface area contributed by atoms with Gasteiger partial charge in [0.05, 0.1) is 14.2 Å². The molecule has 0 radical (unpaired) electrons. The van der Waals surface area contributed by atoms with Gasteiger partial charge in [-0.2, -0.15) is 0 Å². The van der Waals surface area contributed by atoms with E-state index in [-0.39, 0.29) is 5.91 Å². The standard InChI is InChI=1S/C15H22BrNO3/c1-4-5-9-17(10-8-16)15(18)12-6-7-13(19-2)14(11-12)20-3/h6-7,11H,4-5,8-10H2,1-3H3. The predicted molar refractivity (Wildman–Crippen MR) is 84.2 cm³/mol. The number of rotatable bonds is 8. The number of alkyl halides is 1. The molecule has 5 heteroatoms. The first-order chi connectivity index (χ1) is 9.67. The van der Waals surface area contributed by atoms with Crippen molar-refractivity contribution in [2.24, 2.45) is 0 Å². The maximum Gasteiger partial charge on any atom is 0.254 e. The molecular formula is C15H22BrNO3. The summed E-state index contributed by atoms with van der Waals surface area (Å²) in [5.74, 6) is 1.23. The second kappa shape index (κ2) is 8.84. The molecule has 1 rings (SSSR count). The summed E-state index contributed by atoms with van der Waals surface area (Å²) in [6, 6.07) is 5.27. The van der Waals surface area contributed by atoms with Crippen molar-refractivity contribution in [3.05, 3.63) is 23.8 Å². The van der Waals surface area contributed by atoms with E-state index in [0.717, 1.165) is 24.7 Å². The van der Waals surface area contributed by atoms with Gasteiger partial charge in [0, 0.05) is 24.0 Å². The summed E-state index contributed by atoms with van der Waals surface area (Å²) < 4.78 is 10.4. The van der Waals surface area contributed by atoms with Gasteiger partial charge < -0.3 is 14.4 Å². The van der Waals surface area contributed by atoms with Crippen molar-refractivity contribution in [1.29, 1.82) is 0 Å². The van der Waals surface area contributed by atoms with E-state index < -0.39 is 0 Å². The van der Waals surface area contributed by atoms with Crippen LogP contribution in [0.5, 0.6) is 11.5 Å². The van der Waals surface area contributed by atoms with Crippen molar-refractivity contribution < 1.29 is 14.3 Å². The van der Waals surface area contributed by atoms with E-state index in [2.05, 4.69) is 22.9 Å². The van der Waals surface area contributed by atoms with Crippen LogP contribution in [0, 0.1) is 0 Å². The Bertz CT molecular complexity index is 437. The van der Waals surface area contributed by atoms with Gasteiger partial charge in [-0.25, -0.2) is 0 Å². The quantitative estimate of drug-likeness (QED) is 0.679. The maximum atomic E-state index is 12.5. The van der Waals surface area contributed by atoms with Gasteiger partial charge in [0.2, 0.25) is 0 Å². The first-order valence-electron chi connectivity index (χ1n) is 6.75. The number of hydrogen-bond donors (Lipinski definition) is 0. The van der Waals surface area contributed by atoms with Gasteiger partial charge in [0.15, 0.2) is 11.5 Å². The van der Waals surface area contributed by atoms with Gasteiger partial charge in [0.1, 0.15) is 0 Å². The lowest BCUT2D eigenvalue weighted by Crippen LogP contribution is -2.33. The molecular weight excluding hydrogens is 322 g/mol. The number of carbonyl (C=O) groups excluding carboxylic acids is 1. The summed E-state index contributed by atoms with van der Waals surface area (Å²) in [6.07, 6.45) is 2.07. The average Bonchev–Trinajstić information content (AvgIpc) is 2.49. The van der Waals surface area contributed by atoms with Crippen LogP contribution in [0.4, 0.5) is 0 Å². The molecule has 1 aromatic carbocycles. The third kappa shape index (κ3) is 4.40. The Morgan fingerprint density at radius 2 is 1.90 bits per heavy atom. The number of hydrogen-bond acceptors (Lipinski definition) is 3. The highest BCUT2D eigenvalue weighted by molar-refractivity contribution is 9.09. The van der Waals surface area contributed by atoms with Crippen LogP contribution in [0.15, 0.2) is 18.2 Å². The molecule has 0 unspecified atom stereocenters. The molecule has 4 nitrogen and oxygen atoms in total. The monoisotopic (exact) mass is 343 g/mol. The van der Waals surface area contributed by atoms with Gasteiger partial charge in [0.25, 0.3) is 5.91 Å². The molecule has 0 saturated heterocycles. The lowest BCUT2D eigenvalue weighted by molar-refractivity contribution is 0.0764. The summed E-state index contributed by atoms with van der Waals surface area (Å²) in [5, 5.41) is 0.774. The Hall–Kier alpha value is -1.23. The Morgan fingerprint density at radius 1 is 1.20 bits per heavy atom. The van der Waals surface area contributed by atoms with Crippen molar-refractivity contribution >= 4 is 21.8 Å². The van der Waals surface area contributed by atoms with Crippen molar-refractivity contribution in [3.63, 3.8) is 0 Å². The minimum absolute atomic E-state index is 0.0267. The highest BCUT2D eigenvalue weighted by Crippen LogP contribution is 2.28. The fourth-order valence-electron chi connectivity index (χ4n) is 1.92. The van der Waals surface area contributed by atoms with Crippen molar-refractivity contribution in [2.75, 3.05) is 32.6 Å². The molecule has 0 spiro atoms. The van der Waals surface area contributed by atoms with E-state index in [1.807, 2.05) is 4.90 Å². The zero-order valence-electron chi connectivity index (χ0n) is 12.3. The molecule has 1 aromatic rings. The van der Waals surface area contributed by atoms with E-state index >= 15 is 0 Å². The molecule has 0 aliphatic rings. The van der Waals surface area contributed by atoms with Gasteiger partial charge in [-0.1, -0.05) is 29.3 Å². The number of unbranched alkanes of at least 4 members (excludes halogenated alkanes) is 1. The molecule has 20 heavy (non-hydrogen) atoms. The predicted octanol–water partition coefficient (Wildman–Crippen LogP) is 3.34. The van der Waals surface area contributed by atoms with Crippen LogP contribution in [0.25, 0.3) is 0 Å². The summed E-state index contributed by atoms with van der Waals surface area (Å²) in [4.78, 5) is 14.4. The van der Waals surface area contributed by atoms with Crippen LogP contribution < -0.4 is 9.47 Å². The fourth-order valence-corrected chi connectivity index (χ4v) is 2.35. The summed E-state index contributed by atoms with van der Waals surface area (Å²) >= 11 is 3.40. The van der Waals surface area contributed by atoms with Crippen molar-refractivity contribution in [3.8, 4) is 11.5 Å². The molecule has 0 aromatic heterocycles. The summed E-state index contributed by atoms with van der Waals surface area (Å²) in [5.41, 5.74) is 0.625. The van der Waals surface area contributed by atoms with Crippen LogP contribution in [0.3, 0.4) is 0 Å². The van der Waals surface area contributed by atoms with E-state index in [1.54, 1.807) is 32.4 Å². The topological polar surface area (TPSA) is 38.8 Å². The SMILES string of the molecule is CCCCN(CCBr)C(=O)c1ccc(OC)c(OC)c1. The largest absolute Gasteiger partial charge is 0.493 e. The van der Waals surface area contributed by atoms with Crippen LogP contribution in [0.1, 0.15) is 30.1 Å². The Kier molecular flexibility index (Phi) is 7.44. The molecule has 1 amide bonds. The molecule has 0 N–H and O–H groups in total. The molecule has 0 fully saturated rings. The minimum Gasteiger partial charge on any atom is -0.493 e. The third-order valence-corrected chi connectivity index (χ3v) is 3.41. The zero-order valence-corrected chi connectivity index (χ0v) is 13.9. The number of amides is 1. The third-order valence-electron chi connectivity index (χ3n) is 3.05. The fraction of sp³-hybridized carbons (Fsp3) is 0.533. The number of nitrogens with zero attached hydrogens (tertiary/aromatic N) is 1. The zero-order chi connectivity index (χ0) is 15.0. The number of benzene rings is 1. The minimum atomic E-state index is 0.0267. The van der Waals surface area contributed by atoms with Gasteiger partial charge in [-0.05, 0) is 24.6 Å². The molecule has 0 heterocycles. The molecule has 0 bridgehead atoms. The van der Waals surface area contributed by atoms with Gasteiger partial charge in [-0.15, -0.1) is 0 Å². The number of halogens is 1. The van der Waals surface area contributed by atoms with E-state index in [0.29, 0.717) is 23.6 Å². The number of carbonyl (C=O) groups is 1. The molecule has 0 saturated carbocycles. The second-order valence-electron chi connectivity index (χ2n) is 4.40. The maximum absolute atomic E-state index is 12.5. The Morgan fingerprint density at radius 3 is 2.45 bits per heavy atom. The average molecular weight is 344 g/mol. The lowest BCUT2D eigenvalue weighted by Gasteiger charge is -2.22. The molecule has 0 aliphatic carbocycles. The lowest BCUT2D eigenvalue weighted by atomic mass is 10.1. The summed E-state index contributed by atoms with van der Waals surface area (Å²) in [6.45, 7) is 3.59. The highest BCUT2D eigenvalue weighted by Gasteiger charge is 2.16. The Balaban J connectivity index is 2.93. The van der Waals surface area contributed by atoms with Crippen LogP contribution in [0.2, 0.25) is 0 Å². The second-order valence-corrected chi connectivity index (χ2v) is 5.20. The number of ether oxygens (including phenoxy) is 2. The van der Waals surface area contributed by atoms with Crippen molar-refractivity contribution in [1.82, 2.24) is 4.90 Å². The molecule has 112 valence electrons. The number of methoxy groups -OCH3 is 2. The summed E-state index contributed by atoms with van der Waals surface area (Å²) in [7, 11) is 3.15. The first kappa shape index (κ1) is 16.8.